The maximum Gasteiger partial charge on any atom is 0.337 e. The molecule has 0 N–H and O–H groups in total. The Morgan fingerprint density at radius 3 is 2.64 bits per heavy atom. The van der Waals surface area contributed by atoms with Crippen LogP contribution in [0.1, 0.15) is 21.5 Å². The first-order chi connectivity index (χ1) is 6.60. The number of ether oxygens (including phenoxy) is 1. The van der Waals surface area contributed by atoms with Crippen LogP contribution in [-0.2, 0) is 4.74 Å². The highest BCUT2D eigenvalue weighted by molar-refractivity contribution is 6.32. The predicted octanol–water partition coefficient (Wildman–Crippen LogP) is 2.31. The summed E-state index contributed by atoms with van der Waals surface area (Å²) in [7, 11) is 1.30. The lowest BCUT2D eigenvalue weighted by atomic mass is 10.1. The van der Waals surface area contributed by atoms with E-state index in [4.69, 9.17) is 16.9 Å². The van der Waals surface area contributed by atoms with Gasteiger partial charge in [0.25, 0.3) is 0 Å². The average Bonchev–Trinajstić information content (AvgIpc) is 2.16. The SMILES string of the molecule is COC(=O)c1cc(C)c(C#N)c(Cl)c1. The van der Waals surface area contributed by atoms with Crippen molar-refractivity contribution in [3.05, 3.63) is 33.8 Å². The summed E-state index contributed by atoms with van der Waals surface area (Å²) in [6.07, 6.45) is 0. The summed E-state index contributed by atoms with van der Waals surface area (Å²) in [4.78, 5) is 11.2. The summed E-state index contributed by atoms with van der Waals surface area (Å²) < 4.78 is 4.54. The van der Waals surface area contributed by atoms with Gasteiger partial charge < -0.3 is 4.74 Å². The minimum atomic E-state index is -0.459. The summed E-state index contributed by atoms with van der Waals surface area (Å²) in [6, 6.07) is 4.97. The molecule has 0 aliphatic carbocycles. The zero-order valence-corrected chi connectivity index (χ0v) is 8.55. The highest BCUT2D eigenvalue weighted by atomic mass is 35.5. The highest BCUT2D eigenvalue weighted by Gasteiger charge is 2.11. The van der Waals surface area contributed by atoms with Gasteiger partial charge in [0, 0.05) is 0 Å². The molecule has 0 radical (unpaired) electrons. The van der Waals surface area contributed by atoms with Crippen molar-refractivity contribution in [2.45, 2.75) is 6.92 Å². The molecule has 4 heteroatoms. The van der Waals surface area contributed by atoms with E-state index in [1.807, 2.05) is 6.07 Å². The van der Waals surface area contributed by atoms with Gasteiger partial charge in [0.2, 0.25) is 0 Å². The molecule has 0 aromatic heterocycles. The predicted molar refractivity (Wildman–Crippen MR) is 52.2 cm³/mol. The third kappa shape index (κ3) is 1.86. The second-order valence-electron chi connectivity index (χ2n) is 2.75. The van der Waals surface area contributed by atoms with Gasteiger partial charge in [0.1, 0.15) is 6.07 Å². The maximum absolute atomic E-state index is 11.2. The van der Waals surface area contributed by atoms with Gasteiger partial charge in [0.15, 0.2) is 0 Å². The van der Waals surface area contributed by atoms with E-state index < -0.39 is 5.97 Å². The standard InChI is InChI=1S/C10H8ClNO2/c1-6-3-7(10(13)14-2)4-9(11)8(6)5-12/h3-4H,1-2H3. The molecule has 0 bridgehead atoms. The fourth-order valence-electron chi connectivity index (χ4n) is 1.12. The number of methoxy groups -OCH3 is 1. The molecular formula is C10H8ClNO2. The third-order valence-electron chi connectivity index (χ3n) is 1.82. The molecule has 72 valence electrons. The Kier molecular flexibility index (Phi) is 3.10. The molecule has 3 nitrogen and oxygen atoms in total. The normalized spacial score (nSPS) is 9.29. The van der Waals surface area contributed by atoms with E-state index in [0.717, 1.165) is 0 Å². The van der Waals surface area contributed by atoms with Crippen LogP contribution in [-0.4, -0.2) is 13.1 Å². The van der Waals surface area contributed by atoms with E-state index in [9.17, 15) is 4.79 Å². The highest BCUT2D eigenvalue weighted by Crippen LogP contribution is 2.21. The molecule has 0 heterocycles. The van der Waals surface area contributed by atoms with E-state index in [1.165, 1.54) is 13.2 Å². The zero-order chi connectivity index (χ0) is 10.7. The molecule has 0 unspecified atom stereocenters. The number of hydrogen-bond acceptors (Lipinski definition) is 3. The summed E-state index contributed by atoms with van der Waals surface area (Å²) in [5.74, 6) is -0.459. The van der Waals surface area contributed by atoms with Crippen LogP contribution < -0.4 is 0 Å². The van der Waals surface area contributed by atoms with Gasteiger partial charge in [-0.05, 0) is 24.6 Å². The molecule has 1 aromatic carbocycles. The van der Waals surface area contributed by atoms with Crippen molar-refractivity contribution >= 4 is 17.6 Å². The molecule has 0 saturated heterocycles. The quantitative estimate of drug-likeness (QED) is 0.667. The van der Waals surface area contributed by atoms with Crippen molar-refractivity contribution in [3.63, 3.8) is 0 Å². The second kappa shape index (κ2) is 4.12. The van der Waals surface area contributed by atoms with Crippen LogP contribution in [0, 0.1) is 18.3 Å². The van der Waals surface area contributed by atoms with Crippen molar-refractivity contribution in [1.82, 2.24) is 0 Å². The van der Waals surface area contributed by atoms with E-state index in [2.05, 4.69) is 4.74 Å². The lowest BCUT2D eigenvalue weighted by Crippen LogP contribution is -2.02. The first kappa shape index (κ1) is 10.6. The Morgan fingerprint density at radius 1 is 1.57 bits per heavy atom. The van der Waals surface area contributed by atoms with Crippen LogP contribution in [0.3, 0.4) is 0 Å². The molecule has 0 aliphatic heterocycles. The molecule has 1 rings (SSSR count). The monoisotopic (exact) mass is 209 g/mol. The van der Waals surface area contributed by atoms with E-state index in [0.29, 0.717) is 16.7 Å². The van der Waals surface area contributed by atoms with E-state index in [1.54, 1.807) is 13.0 Å². The van der Waals surface area contributed by atoms with Gasteiger partial charge in [-0.3, -0.25) is 0 Å². The Hall–Kier alpha value is -1.53. The zero-order valence-electron chi connectivity index (χ0n) is 7.80. The number of carbonyl (C=O) groups is 1. The first-order valence-corrected chi connectivity index (χ1v) is 4.26. The molecular weight excluding hydrogens is 202 g/mol. The van der Waals surface area contributed by atoms with Crippen molar-refractivity contribution in [1.29, 1.82) is 5.26 Å². The maximum atomic E-state index is 11.2. The second-order valence-corrected chi connectivity index (χ2v) is 3.16. The number of nitrogens with zero attached hydrogens (tertiary/aromatic N) is 1. The van der Waals surface area contributed by atoms with Crippen molar-refractivity contribution in [2.24, 2.45) is 0 Å². The fourth-order valence-corrected chi connectivity index (χ4v) is 1.43. The molecule has 0 saturated carbocycles. The third-order valence-corrected chi connectivity index (χ3v) is 2.12. The van der Waals surface area contributed by atoms with E-state index in [-0.39, 0.29) is 5.02 Å². The van der Waals surface area contributed by atoms with Gasteiger partial charge in [-0.25, -0.2) is 4.79 Å². The molecule has 14 heavy (non-hydrogen) atoms. The van der Waals surface area contributed by atoms with Crippen LogP contribution in [0.4, 0.5) is 0 Å². The van der Waals surface area contributed by atoms with Crippen molar-refractivity contribution < 1.29 is 9.53 Å². The number of carbonyl (C=O) groups excluding carboxylic acids is 1. The molecule has 0 spiro atoms. The Balaban J connectivity index is 3.29. The Morgan fingerprint density at radius 2 is 2.21 bits per heavy atom. The van der Waals surface area contributed by atoms with Crippen LogP contribution in [0.2, 0.25) is 5.02 Å². The molecule has 1 aromatic rings. The van der Waals surface area contributed by atoms with Crippen LogP contribution >= 0.6 is 11.6 Å². The largest absolute Gasteiger partial charge is 0.465 e. The number of hydrogen-bond donors (Lipinski definition) is 0. The molecule has 0 fully saturated rings. The molecule has 0 atom stereocenters. The van der Waals surface area contributed by atoms with Gasteiger partial charge in [-0.2, -0.15) is 5.26 Å². The van der Waals surface area contributed by atoms with Crippen molar-refractivity contribution in [3.8, 4) is 6.07 Å². The summed E-state index contributed by atoms with van der Waals surface area (Å²) in [5, 5.41) is 9.01. The molecule has 0 aliphatic rings. The van der Waals surface area contributed by atoms with Gasteiger partial charge >= 0.3 is 5.97 Å². The van der Waals surface area contributed by atoms with Gasteiger partial charge in [-0.1, -0.05) is 11.6 Å². The lowest BCUT2D eigenvalue weighted by Gasteiger charge is -2.04. The first-order valence-electron chi connectivity index (χ1n) is 3.88. The van der Waals surface area contributed by atoms with Crippen LogP contribution in [0.25, 0.3) is 0 Å². The number of halogens is 1. The number of benzene rings is 1. The summed E-state index contributed by atoms with van der Waals surface area (Å²) in [5.41, 5.74) is 1.41. The number of rotatable bonds is 1. The molecule has 0 amide bonds. The van der Waals surface area contributed by atoms with E-state index >= 15 is 0 Å². The van der Waals surface area contributed by atoms with Gasteiger partial charge in [0.05, 0.1) is 23.3 Å². The number of esters is 1. The average molecular weight is 210 g/mol. The topological polar surface area (TPSA) is 50.1 Å². The number of nitriles is 1. The van der Waals surface area contributed by atoms with Crippen LogP contribution in [0.15, 0.2) is 12.1 Å². The Bertz CT molecular complexity index is 398. The number of aryl methyl sites for hydroxylation is 1. The Labute approximate surface area is 86.9 Å². The lowest BCUT2D eigenvalue weighted by molar-refractivity contribution is 0.0600. The smallest absolute Gasteiger partial charge is 0.337 e. The summed E-state index contributed by atoms with van der Waals surface area (Å²) >= 11 is 5.81. The fraction of sp³-hybridized carbons (Fsp3) is 0.200. The van der Waals surface area contributed by atoms with Gasteiger partial charge in [-0.15, -0.1) is 0 Å². The van der Waals surface area contributed by atoms with Crippen LogP contribution in [0.5, 0.6) is 0 Å². The minimum Gasteiger partial charge on any atom is -0.465 e. The van der Waals surface area contributed by atoms with Crippen molar-refractivity contribution in [2.75, 3.05) is 7.11 Å². The summed E-state index contributed by atoms with van der Waals surface area (Å²) in [6.45, 7) is 1.72. The minimum absolute atomic E-state index is 0.271.